The Morgan fingerprint density at radius 2 is 2.38 bits per heavy atom. The van der Waals surface area contributed by atoms with Crippen LogP contribution in [0.5, 0.6) is 0 Å². The van der Waals surface area contributed by atoms with Crippen molar-refractivity contribution in [3.8, 4) is 0 Å². The summed E-state index contributed by atoms with van der Waals surface area (Å²) >= 11 is 0. The number of carboxylic acids is 1. The number of rotatable bonds is 2. The van der Waals surface area contributed by atoms with Crippen molar-refractivity contribution in [1.82, 2.24) is 0 Å². The lowest BCUT2D eigenvalue weighted by Gasteiger charge is -1.79. The van der Waals surface area contributed by atoms with Gasteiger partial charge in [0.05, 0.1) is 6.42 Å². The first kappa shape index (κ1) is 5.35. The first-order valence-corrected chi connectivity index (χ1v) is 2.59. The molecule has 0 amide bonds. The van der Waals surface area contributed by atoms with Crippen molar-refractivity contribution in [1.29, 1.82) is 0 Å². The van der Waals surface area contributed by atoms with E-state index in [1.807, 2.05) is 6.92 Å². The molecule has 0 spiro atoms. The summed E-state index contributed by atoms with van der Waals surface area (Å²) in [5.41, 5.74) is 2.37. The van der Waals surface area contributed by atoms with Crippen LogP contribution in [0.4, 0.5) is 0 Å². The van der Waals surface area contributed by atoms with Crippen LogP contribution < -0.4 is 0 Å². The summed E-state index contributed by atoms with van der Waals surface area (Å²) in [4.78, 5) is 9.96. The van der Waals surface area contributed by atoms with Crippen molar-refractivity contribution in [2.45, 2.75) is 19.8 Å². The summed E-state index contributed by atoms with van der Waals surface area (Å²) in [5, 5.41) is 8.21. The van der Waals surface area contributed by atoms with Gasteiger partial charge in [-0.05, 0) is 13.3 Å². The summed E-state index contributed by atoms with van der Waals surface area (Å²) in [6, 6.07) is 0. The van der Waals surface area contributed by atoms with Gasteiger partial charge < -0.3 is 5.11 Å². The molecule has 0 fully saturated rings. The zero-order valence-corrected chi connectivity index (χ0v) is 4.77. The van der Waals surface area contributed by atoms with E-state index in [9.17, 15) is 4.79 Å². The van der Waals surface area contributed by atoms with Crippen LogP contribution in [0.1, 0.15) is 19.8 Å². The molecule has 1 rings (SSSR count). The SMILES string of the molecule is CC1=C(CC(=O)O)C1. The first-order valence-electron chi connectivity index (χ1n) is 2.59. The van der Waals surface area contributed by atoms with Gasteiger partial charge in [0.2, 0.25) is 0 Å². The quantitative estimate of drug-likeness (QED) is 0.544. The highest BCUT2D eigenvalue weighted by atomic mass is 16.4. The van der Waals surface area contributed by atoms with Gasteiger partial charge in [-0.15, -0.1) is 0 Å². The molecule has 0 atom stereocenters. The maximum absolute atomic E-state index is 9.96. The fourth-order valence-electron chi connectivity index (χ4n) is 0.672. The largest absolute Gasteiger partial charge is 0.481 e. The molecule has 0 unspecified atom stereocenters. The van der Waals surface area contributed by atoms with Gasteiger partial charge in [0.1, 0.15) is 0 Å². The Labute approximate surface area is 47.8 Å². The zero-order valence-electron chi connectivity index (χ0n) is 4.77. The maximum atomic E-state index is 9.96. The van der Waals surface area contributed by atoms with Crippen LogP contribution >= 0.6 is 0 Å². The Morgan fingerprint density at radius 1 is 1.88 bits per heavy atom. The Bertz CT molecular complexity index is 156. The van der Waals surface area contributed by atoms with Crippen molar-refractivity contribution < 1.29 is 9.90 Å². The predicted octanol–water partition coefficient (Wildman–Crippen LogP) is 1.18. The molecular formula is C6H8O2. The van der Waals surface area contributed by atoms with Gasteiger partial charge in [-0.2, -0.15) is 0 Å². The predicted molar refractivity (Wildman–Crippen MR) is 29.6 cm³/mol. The Hall–Kier alpha value is -0.790. The highest BCUT2D eigenvalue weighted by Gasteiger charge is 2.18. The number of carboxylic acid groups (broad SMARTS) is 1. The Balaban J connectivity index is 2.33. The minimum Gasteiger partial charge on any atom is -0.481 e. The standard InChI is InChI=1S/C6H8O2/c1-4-2-5(4)3-6(7)8/h2-3H2,1H3,(H,7,8). The van der Waals surface area contributed by atoms with Crippen LogP contribution in [-0.2, 0) is 4.79 Å². The molecule has 1 N–H and O–H groups in total. The van der Waals surface area contributed by atoms with E-state index >= 15 is 0 Å². The van der Waals surface area contributed by atoms with E-state index in [4.69, 9.17) is 5.11 Å². The van der Waals surface area contributed by atoms with Crippen molar-refractivity contribution >= 4 is 5.97 Å². The zero-order chi connectivity index (χ0) is 6.15. The first-order chi connectivity index (χ1) is 3.70. The third-order valence-electron chi connectivity index (χ3n) is 1.32. The molecule has 1 aliphatic rings. The van der Waals surface area contributed by atoms with E-state index in [0.717, 1.165) is 12.0 Å². The van der Waals surface area contributed by atoms with Crippen LogP contribution in [0.2, 0.25) is 0 Å². The number of hydrogen-bond acceptors (Lipinski definition) is 1. The van der Waals surface area contributed by atoms with E-state index in [1.165, 1.54) is 5.57 Å². The molecule has 0 saturated carbocycles. The minimum absolute atomic E-state index is 0.256. The third kappa shape index (κ3) is 1.09. The molecule has 44 valence electrons. The number of hydrogen-bond donors (Lipinski definition) is 1. The molecule has 2 nitrogen and oxygen atoms in total. The third-order valence-corrected chi connectivity index (χ3v) is 1.32. The van der Waals surface area contributed by atoms with Crippen LogP contribution in [0.3, 0.4) is 0 Å². The van der Waals surface area contributed by atoms with Gasteiger partial charge in [0.25, 0.3) is 0 Å². The van der Waals surface area contributed by atoms with Crippen molar-refractivity contribution in [3.05, 3.63) is 11.1 Å². The van der Waals surface area contributed by atoms with Gasteiger partial charge in [0, 0.05) is 0 Å². The minimum atomic E-state index is -0.711. The van der Waals surface area contributed by atoms with Crippen LogP contribution in [0.15, 0.2) is 11.1 Å². The summed E-state index contributed by atoms with van der Waals surface area (Å²) < 4.78 is 0. The van der Waals surface area contributed by atoms with Gasteiger partial charge >= 0.3 is 5.97 Å². The maximum Gasteiger partial charge on any atom is 0.307 e. The lowest BCUT2D eigenvalue weighted by Crippen LogP contribution is -1.90. The highest BCUT2D eigenvalue weighted by molar-refractivity contribution is 5.72. The molecule has 0 bridgehead atoms. The van der Waals surface area contributed by atoms with Crippen molar-refractivity contribution in [3.63, 3.8) is 0 Å². The van der Waals surface area contributed by atoms with E-state index in [-0.39, 0.29) is 6.42 Å². The van der Waals surface area contributed by atoms with Crippen molar-refractivity contribution in [2.24, 2.45) is 0 Å². The summed E-state index contributed by atoms with van der Waals surface area (Å²) in [7, 11) is 0. The summed E-state index contributed by atoms with van der Waals surface area (Å²) in [6.07, 6.45) is 1.21. The highest BCUT2D eigenvalue weighted by Crippen LogP contribution is 2.32. The second-order valence-electron chi connectivity index (χ2n) is 2.13. The number of carbonyl (C=O) groups is 1. The number of allylic oxidation sites excluding steroid dienone is 1. The lowest BCUT2D eigenvalue weighted by molar-refractivity contribution is -0.136. The van der Waals surface area contributed by atoms with E-state index in [2.05, 4.69) is 0 Å². The molecule has 0 radical (unpaired) electrons. The summed E-state index contributed by atoms with van der Waals surface area (Å²) in [6.45, 7) is 1.97. The molecule has 0 aromatic heterocycles. The Morgan fingerprint density at radius 3 is 2.50 bits per heavy atom. The van der Waals surface area contributed by atoms with Gasteiger partial charge in [-0.1, -0.05) is 11.1 Å². The number of aliphatic carboxylic acids is 1. The topological polar surface area (TPSA) is 37.3 Å². The molecule has 8 heavy (non-hydrogen) atoms. The monoisotopic (exact) mass is 112 g/mol. The van der Waals surface area contributed by atoms with E-state index in [1.54, 1.807) is 0 Å². The van der Waals surface area contributed by atoms with Gasteiger partial charge in [-0.25, -0.2) is 0 Å². The van der Waals surface area contributed by atoms with Crippen LogP contribution in [0, 0.1) is 0 Å². The van der Waals surface area contributed by atoms with Gasteiger partial charge in [0.15, 0.2) is 0 Å². The molecule has 2 heteroatoms. The molecule has 0 aromatic rings. The molecule has 0 heterocycles. The summed E-state index contributed by atoms with van der Waals surface area (Å²) in [5.74, 6) is -0.711. The average Bonchev–Trinajstić information content (AvgIpc) is 2.17. The lowest BCUT2D eigenvalue weighted by atomic mass is 10.3. The molecule has 0 aliphatic heterocycles. The average molecular weight is 112 g/mol. The van der Waals surface area contributed by atoms with Gasteiger partial charge in [-0.3, -0.25) is 4.79 Å². The molecule has 0 saturated heterocycles. The fraction of sp³-hybridized carbons (Fsp3) is 0.500. The molecule has 0 aromatic carbocycles. The van der Waals surface area contributed by atoms with E-state index < -0.39 is 5.97 Å². The normalized spacial score (nSPS) is 16.6. The second kappa shape index (κ2) is 1.62. The van der Waals surface area contributed by atoms with Crippen molar-refractivity contribution in [2.75, 3.05) is 0 Å². The second-order valence-corrected chi connectivity index (χ2v) is 2.13. The van der Waals surface area contributed by atoms with Crippen LogP contribution in [0.25, 0.3) is 0 Å². The smallest absolute Gasteiger partial charge is 0.307 e. The van der Waals surface area contributed by atoms with E-state index in [0.29, 0.717) is 0 Å². The molecule has 1 aliphatic carbocycles. The fourth-order valence-corrected chi connectivity index (χ4v) is 0.672. The Kier molecular flexibility index (Phi) is 1.08. The van der Waals surface area contributed by atoms with Crippen LogP contribution in [-0.4, -0.2) is 11.1 Å². The molecular weight excluding hydrogens is 104 g/mol.